The van der Waals surface area contributed by atoms with Crippen molar-refractivity contribution in [2.75, 3.05) is 5.01 Å². The number of rotatable bonds is 9. The summed E-state index contributed by atoms with van der Waals surface area (Å²) in [4.78, 5) is 0. The first-order valence-electron chi connectivity index (χ1n) is 11.7. The van der Waals surface area contributed by atoms with E-state index in [1.165, 1.54) is 21.1 Å². The Balaban J connectivity index is 2.09. The highest BCUT2D eigenvalue weighted by Crippen LogP contribution is 2.41. The van der Waals surface area contributed by atoms with Gasteiger partial charge in [-0.2, -0.15) is 8.42 Å². The van der Waals surface area contributed by atoms with E-state index in [0.29, 0.717) is 6.42 Å². The number of hydrogen-bond acceptors (Lipinski definition) is 6. The van der Waals surface area contributed by atoms with Crippen LogP contribution in [0.25, 0.3) is 0 Å². The quantitative estimate of drug-likeness (QED) is 0.446. The molecule has 0 radical (unpaired) electrons. The number of hydrogen-bond donors (Lipinski definition) is 1. The molecule has 1 aliphatic heterocycles. The predicted molar refractivity (Wildman–Crippen MR) is 133 cm³/mol. The van der Waals surface area contributed by atoms with Gasteiger partial charge in [-0.05, 0) is 70.7 Å². The highest BCUT2D eigenvalue weighted by Gasteiger charge is 2.44. The minimum absolute atomic E-state index is 0.129. The molecule has 7 nitrogen and oxygen atoms in total. The van der Waals surface area contributed by atoms with Crippen LogP contribution in [0.1, 0.15) is 82.1 Å². The summed E-state index contributed by atoms with van der Waals surface area (Å²) in [6.45, 7) is 12.2. The largest absolute Gasteiger partial charge is 0.309 e. The van der Waals surface area contributed by atoms with Crippen LogP contribution in [-0.4, -0.2) is 29.5 Å². The first kappa shape index (κ1) is 25.2. The van der Waals surface area contributed by atoms with Crippen molar-refractivity contribution in [3.63, 3.8) is 0 Å². The van der Waals surface area contributed by atoms with Gasteiger partial charge < -0.3 is 0 Å². The van der Waals surface area contributed by atoms with E-state index >= 15 is 0 Å². The van der Waals surface area contributed by atoms with Crippen molar-refractivity contribution in [1.29, 1.82) is 0 Å². The fourth-order valence-electron chi connectivity index (χ4n) is 4.17. The minimum atomic E-state index is -4.48. The fraction of sp³-hybridized carbons (Fsp3) is 0.520. The van der Waals surface area contributed by atoms with E-state index < -0.39 is 15.6 Å². The smallest absolute Gasteiger partial charge is 0.282 e. The normalized spacial score (nSPS) is 17.4. The molecule has 0 aromatic heterocycles. The number of benzene rings is 2. The molecule has 0 amide bonds. The molecular weight excluding hydrogens is 436 g/mol. The number of anilines is 1. The third-order valence-corrected chi connectivity index (χ3v) is 7.18. The van der Waals surface area contributed by atoms with Crippen molar-refractivity contribution in [3.8, 4) is 0 Å². The van der Waals surface area contributed by atoms with Crippen molar-refractivity contribution < 1.29 is 13.0 Å². The molecule has 0 saturated carbocycles. The fourth-order valence-corrected chi connectivity index (χ4v) is 5.09. The number of aryl methyl sites for hydroxylation is 2. The summed E-state index contributed by atoms with van der Waals surface area (Å²) >= 11 is 0. The maximum Gasteiger partial charge on any atom is 0.309 e. The SMILES string of the molecule is CCC(C)N1N=NN(c2c(C(C)C)cc(CCc3ccccc3)cc2C(C)C)C1S(=O)(=O)O. The lowest BCUT2D eigenvalue weighted by Gasteiger charge is -2.32. The van der Waals surface area contributed by atoms with Gasteiger partial charge in [-0.3, -0.25) is 4.55 Å². The van der Waals surface area contributed by atoms with Gasteiger partial charge >= 0.3 is 10.1 Å². The minimum Gasteiger partial charge on any atom is -0.282 e. The third kappa shape index (κ3) is 5.55. The topological polar surface area (TPSA) is 85.6 Å². The Kier molecular flexibility index (Phi) is 7.80. The zero-order valence-corrected chi connectivity index (χ0v) is 21.2. The molecule has 3 rings (SSSR count). The lowest BCUT2D eigenvalue weighted by atomic mass is 9.88. The molecule has 0 saturated heterocycles. The first-order valence-corrected chi connectivity index (χ1v) is 13.2. The zero-order chi connectivity index (χ0) is 24.3. The van der Waals surface area contributed by atoms with Gasteiger partial charge in [0.25, 0.3) is 5.50 Å². The molecule has 180 valence electrons. The lowest BCUT2D eigenvalue weighted by molar-refractivity contribution is 0.202. The van der Waals surface area contributed by atoms with Gasteiger partial charge in [0.2, 0.25) is 0 Å². The van der Waals surface area contributed by atoms with Crippen molar-refractivity contribution >= 4 is 15.8 Å². The van der Waals surface area contributed by atoms with E-state index in [2.05, 4.69) is 74.5 Å². The van der Waals surface area contributed by atoms with E-state index in [-0.39, 0.29) is 17.9 Å². The van der Waals surface area contributed by atoms with E-state index in [1.54, 1.807) is 0 Å². The van der Waals surface area contributed by atoms with Crippen molar-refractivity contribution in [3.05, 3.63) is 64.7 Å². The zero-order valence-electron chi connectivity index (χ0n) is 20.4. The molecule has 0 bridgehead atoms. The molecule has 0 aliphatic carbocycles. The van der Waals surface area contributed by atoms with Crippen LogP contribution in [0.5, 0.6) is 0 Å². The summed E-state index contributed by atoms with van der Waals surface area (Å²) in [5, 5.41) is 11.2. The summed E-state index contributed by atoms with van der Waals surface area (Å²) in [7, 11) is -4.48. The van der Waals surface area contributed by atoms with Gasteiger partial charge in [0, 0.05) is 6.04 Å². The molecule has 8 heteroatoms. The van der Waals surface area contributed by atoms with Crippen LogP contribution in [0, 0.1) is 0 Å². The molecule has 2 unspecified atom stereocenters. The van der Waals surface area contributed by atoms with Crippen LogP contribution < -0.4 is 5.01 Å². The van der Waals surface area contributed by atoms with Crippen molar-refractivity contribution in [1.82, 2.24) is 5.01 Å². The van der Waals surface area contributed by atoms with Gasteiger partial charge in [-0.15, -0.1) is 0 Å². The molecule has 33 heavy (non-hydrogen) atoms. The van der Waals surface area contributed by atoms with Crippen molar-refractivity contribution in [2.45, 2.75) is 84.2 Å². The van der Waals surface area contributed by atoms with Crippen molar-refractivity contribution in [2.24, 2.45) is 10.4 Å². The highest BCUT2D eigenvalue weighted by atomic mass is 32.2. The van der Waals surface area contributed by atoms with Crippen LogP contribution in [-0.2, 0) is 23.0 Å². The molecule has 1 aliphatic rings. The highest BCUT2D eigenvalue weighted by molar-refractivity contribution is 7.86. The van der Waals surface area contributed by atoms with Gasteiger partial charge in [0.15, 0.2) is 0 Å². The van der Waals surface area contributed by atoms with Gasteiger partial charge in [-0.1, -0.05) is 77.1 Å². The van der Waals surface area contributed by atoms with E-state index in [0.717, 1.165) is 29.7 Å². The summed E-state index contributed by atoms with van der Waals surface area (Å²) < 4.78 is 35.1. The van der Waals surface area contributed by atoms with E-state index in [4.69, 9.17) is 0 Å². The molecule has 0 spiro atoms. The van der Waals surface area contributed by atoms with Gasteiger partial charge in [0.1, 0.15) is 0 Å². The first-order chi connectivity index (χ1) is 15.5. The lowest BCUT2D eigenvalue weighted by Crippen LogP contribution is -2.48. The second kappa shape index (κ2) is 10.2. The summed E-state index contributed by atoms with van der Waals surface area (Å²) in [6, 6.07) is 14.5. The maximum absolute atomic E-state index is 12.5. The summed E-state index contributed by atoms with van der Waals surface area (Å²) in [6.07, 6.45) is 2.48. The summed E-state index contributed by atoms with van der Waals surface area (Å²) in [5.74, 6) is 0.258. The Hall–Kier alpha value is -2.45. The van der Waals surface area contributed by atoms with E-state index in [1.807, 2.05) is 19.9 Å². The third-order valence-electron chi connectivity index (χ3n) is 6.23. The Morgan fingerprint density at radius 1 is 0.909 bits per heavy atom. The number of nitrogens with zero attached hydrogens (tertiary/aromatic N) is 4. The second-order valence-corrected chi connectivity index (χ2v) is 10.9. The van der Waals surface area contributed by atoms with Gasteiger partial charge in [-0.25, -0.2) is 10.0 Å². The molecule has 1 N–H and O–H groups in total. The summed E-state index contributed by atoms with van der Waals surface area (Å²) in [5.41, 5.74) is 3.83. The van der Waals surface area contributed by atoms with Crippen LogP contribution in [0.3, 0.4) is 0 Å². The molecule has 0 fully saturated rings. The Morgan fingerprint density at radius 3 is 1.94 bits per heavy atom. The van der Waals surface area contributed by atoms with E-state index in [9.17, 15) is 13.0 Å². The van der Waals surface area contributed by atoms with Gasteiger partial charge in [0.05, 0.1) is 5.69 Å². The molecule has 2 aromatic rings. The predicted octanol–water partition coefficient (Wildman–Crippen LogP) is 6.09. The molecule has 1 heterocycles. The standard InChI is InChI=1S/C25H36N4O3S/c1-7-19(6)28-25(33(30,31)32)29(27-26-28)24-22(17(2)3)15-21(16-23(24)18(4)5)14-13-20-11-9-8-10-12-20/h8-12,15-19,25H,7,13-14H2,1-6H3,(H,30,31,32). The molecule has 2 atom stereocenters. The molecule has 2 aromatic carbocycles. The van der Waals surface area contributed by atoms with Crippen LogP contribution >= 0.6 is 0 Å². The van der Waals surface area contributed by atoms with Crippen LogP contribution in [0.4, 0.5) is 5.69 Å². The van der Waals surface area contributed by atoms with Crippen LogP contribution in [0.2, 0.25) is 0 Å². The Labute approximate surface area is 198 Å². The average Bonchev–Trinajstić information content (AvgIpc) is 3.22. The average molecular weight is 473 g/mol. The monoisotopic (exact) mass is 472 g/mol. The Bertz CT molecular complexity index is 1060. The second-order valence-electron chi connectivity index (χ2n) is 9.42. The maximum atomic E-state index is 12.5. The molecular formula is C25H36N4O3S. The van der Waals surface area contributed by atoms with Crippen LogP contribution in [0.15, 0.2) is 52.9 Å². The Morgan fingerprint density at radius 2 is 1.45 bits per heavy atom.